The monoisotopic (exact) mass is 367 g/mol. The zero-order valence-corrected chi connectivity index (χ0v) is 15.0. The van der Waals surface area contributed by atoms with Gasteiger partial charge >= 0.3 is 5.97 Å². The van der Waals surface area contributed by atoms with Gasteiger partial charge in [-0.15, -0.1) is 0 Å². The molecule has 1 aromatic carbocycles. The Morgan fingerprint density at radius 1 is 1.32 bits per heavy atom. The Kier molecular flexibility index (Phi) is 6.19. The molecule has 0 N–H and O–H groups in total. The van der Waals surface area contributed by atoms with Crippen LogP contribution in [0.25, 0.3) is 6.08 Å². The summed E-state index contributed by atoms with van der Waals surface area (Å²) in [6.07, 6.45) is 3.16. The summed E-state index contributed by atoms with van der Waals surface area (Å²) in [6, 6.07) is 6.80. The number of rotatable bonds is 6. The van der Waals surface area contributed by atoms with Crippen molar-refractivity contribution in [3.63, 3.8) is 0 Å². The van der Waals surface area contributed by atoms with E-state index >= 15 is 0 Å². The molecule has 0 aliphatic carbocycles. The van der Waals surface area contributed by atoms with Crippen LogP contribution in [0.1, 0.15) is 12.0 Å². The molecular formula is C17H21NO6S. The van der Waals surface area contributed by atoms with Gasteiger partial charge in [-0.05, 0) is 18.6 Å². The van der Waals surface area contributed by atoms with Crippen molar-refractivity contribution in [1.29, 1.82) is 0 Å². The average molecular weight is 367 g/mol. The normalized spacial score (nSPS) is 18.9. The molecule has 1 saturated heterocycles. The molecule has 1 aliphatic rings. The van der Waals surface area contributed by atoms with E-state index in [4.69, 9.17) is 9.47 Å². The number of likely N-dealkylation sites (N-methyl/N-ethyl adjacent to an activating group) is 1. The van der Waals surface area contributed by atoms with Crippen molar-refractivity contribution in [2.24, 2.45) is 0 Å². The van der Waals surface area contributed by atoms with Crippen LogP contribution in [0.2, 0.25) is 0 Å². The van der Waals surface area contributed by atoms with Crippen LogP contribution < -0.4 is 4.74 Å². The zero-order chi connectivity index (χ0) is 18.4. The van der Waals surface area contributed by atoms with Crippen LogP contribution in [0, 0.1) is 0 Å². The first kappa shape index (κ1) is 19.0. The zero-order valence-electron chi connectivity index (χ0n) is 14.2. The molecule has 0 bridgehead atoms. The van der Waals surface area contributed by atoms with Crippen molar-refractivity contribution in [2.45, 2.75) is 12.5 Å². The molecule has 0 radical (unpaired) electrons. The van der Waals surface area contributed by atoms with E-state index in [2.05, 4.69) is 0 Å². The van der Waals surface area contributed by atoms with Gasteiger partial charge in [0, 0.05) is 24.7 Å². The molecule has 136 valence electrons. The number of amides is 1. The van der Waals surface area contributed by atoms with E-state index in [1.54, 1.807) is 18.2 Å². The van der Waals surface area contributed by atoms with E-state index in [1.807, 2.05) is 12.1 Å². The van der Waals surface area contributed by atoms with Crippen LogP contribution in [0.15, 0.2) is 30.3 Å². The van der Waals surface area contributed by atoms with Crippen LogP contribution in [0.4, 0.5) is 0 Å². The Hall–Kier alpha value is -2.35. The summed E-state index contributed by atoms with van der Waals surface area (Å²) in [5.41, 5.74) is 0.710. The number of benzene rings is 1. The lowest BCUT2D eigenvalue weighted by Crippen LogP contribution is -2.40. The number of carbonyl (C=O) groups excluding carboxylic acids is 2. The van der Waals surface area contributed by atoms with Gasteiger partial charge in [-0.1, -0.05) is 18.2 Å². The van der Waals surface area contributed by atoms with Gasteiger partial charge in [-0.3, -0.25) is 4.79 Å². The molecule has 1 atom stereocenters. The Balaban J connectivity index is 1.85. The fraction of sp³-hybridized carbons (Fsp3) is 0.412. The number of nitrogens with zero attached hydrogens (tertiary/aromatic N) is 1. The van der Waals surface area contributed by atoms with Gasteiger partial charge in [-0.2, -0.15) is 0 Å². The molecular weight excluding hydrogens is 346 g/mol. The predicted molar refractivity (Wildman–Crippen MR) is 92.8 cm³/mol. The molecule has 0 aromatic heterocycles. The number of hydrogen-bond donors (Lipinski definition) is 0. The van der Waals surface area contributed by atoms with E-state index in [0.29, 0.717) is 17.7 Å². The molecule has 0 unspecified atom stereocenters. The van der Waals surface area contributed by atoms with Gasteiger partial charge in [0.1, 0.15) is 5.75 Å². The predicted octanol–water partition coefficient (Wildman–Crippen LogP) is 0.897. The Bertz CT molecular complexity index is 771. The largest absolute Gasteiger partial charge is 0.496 e. The summed E-state index contributed by atoms with van der Waals surface area (Å²) >= 11 is 0. The molecule has 1 heterocycles. The van der Waals surface area contributed by atoms with Crippen LogP contribution in [0.5, 0.6) is 5.75 Å². The van der Waals surface area contributed by atoms with Gasteiger partial charge < -0.3 is 14.4 Å². The minimum Gasteiger partial charge on any atom is -0.496 e. The molecule has 7 nitrogen and oxygen atoms in total. The van der Waals surface area contributed by atoms with Crippen LogP contribution >= 0.6 is 0 Å². The average Bonchev–Trinajstić information content (AvgIpc) is 2.97. The highest BCUT2D eigenvalue weighted by molar-refractivity contribution is 7.91. The number of esters is 1. The standard InChI is InChI=1S/C17H21NO6S/c1-18(14-9-10-25(21,22)12-14)16(19)11-24-17(20)8-7-13-5-3-4-6-15(13)23-2/h3-8,14H,9-12H2,1-2H3/b8-7+/t14-/m0/s1. The molecule has 0 spiro atoms. The summed E-state index contributed by atoms with van der Waals surface area (Å²) in [4.78, 5) is 25.1. The molecule has 1 amide bonds. The van der Waals surface area contributed by atoms with Crippen molar-refractivity contribution >= 4 is 27.8 Å². The maximum atomic E-state index is 12.0. The second-order valence-corrected chi connectivity index (χ2v) is 7.97. The van der Waals surface area contributed by atoms with Gasteiger partial charge in [0.2, 0.25) is 0 Å². The first-order valence-electron chi connectivity index (χ1n) is 7.76. The topological polar surface area (TPSA) is 90.0 Å². The van der Waals surface area contributed by atoms with Crippen LogP contribution in [-0.4, -0.2) is 63.5 Å². The lowest BCUT2D eigenvalue weighted by molar-refractivity contribution is -0.148. The minimum atomic E-state index is -3.08. The molecule has 8 heteroatoms. The maximum Gasteiger partial charge on any atom is 0.331 e. The lowest BCUT2D eigenvalue weighted by atomic mass is 10.2. The Morgan fingerprint density at radius 3 is 2.68 bits per heavy atom. The highest BCUT2D eigenvalue weighted by Crippen LogP contribution is 2.19. The number of ether oxygens (including phenoxy) is 2. The molecule has 25 heavy (non-hydrogen) atoms. The maximum absolute atomic E-state index is 12.0. The number of para-hydroxylation sites is 1. The Morgan fingerprint density at radius 2 is 2.04 bits per heavy atom. The molecule has 2 rings (SSSR count). The minimum absolute atomic E-state index is 0.0448. The quantitative estimate of drug-likeness (QED) is 0.548. The number of hydrogen-bond acceptors (Lipinski definition) is 6. The van der Waals surface area contributed by atoms with Gasteiger partial charge in [0.15, 0.2) is 16.4 Å². The van der Waals surface area contributed by atoms with E-state index in [-0.39, 0.29) is 17.5 Å². The second-order valence-electron chi connectivity index (χ2n) is 5.74. The number of carbonyl (C=O) groups is 2. The van der Waals surface area contributed by atoms with Gasteiger partial charge in [0.05, 0.1) is 18.6 Å². The summed E-state index contributed by atoms with van der Waals surface area (Å²) in [5.74, 6) is -0.439. The van der Waals surface area contributed by atoms with Crippen LogP contribution in [-0.2, 0) is 24.2 Å². The van der Waals surface area contributed by atoms with Crippen molar-refractivity contribution in [3.05, 3.63) is 35.9 Å². The molecule has 1 aliphatic heterocycles. The van der Waals surface area contributed by atoms with E-state index in [0.717, 1.165) is 0 Å². The van der Waals surface area contributed by atoms with Crippen molar-refractivity contribution in [1.82, 2.24) is 4.90 Å². The third kappa shape index (κ3) is 5.32. The molecule has 1 aromatic rings. The first-order valence-corrected chi connectivity index (χ1v) is 9.58. The highest BCUT2D eigenvalue weighted by atomic mass is 32.2. The molecule has 0 saturated carbocycles. The third-order valence-corrected chi connectivity index (χ3v) is 5.78. The van der Waals surface area contributed by atoms with Crippen molar-refractivity contribution < 1.29 is 27.5 Å². The molecule has 1 fully saturated rings. The van der Waals surface area contributed by atoms with Gasteiger partial charge in [0.25, 0.3) is 5.91 Å². The third-order valence-electron chi connectivity index (χ3n) is 4.03. The fourth-order valence-electron chi connectivity index (χ4n) is 2.53. The summed E-state index contributed by atoms with van der Waals surface area (Å²) in [6.45, 7) is -0.428. The second kappa shape index (κ2) is 8.15. The highest BCUT2D eigenvalue weighted by Gasteiger charge is 2.32. The van der Waals surface area contributed by atoms with Crippen LogP contribution in [0.3, 0.4) is 0 Å². The smallest absolute Gasteiger partial charge is 0.331 e. The summed E-state index contributed by atoms with van der Waals surface area (Å²) in [7, 11) is -0.0252. The van der Waals surface area contributed by atoms with Gasteiger partial charge in [-0.25, -0.2) is 13.2 Å². The van der Waals surface area contributed by atoms with E-state index < -0.39 is 28.3 Å². The SMILES string of the molecule is COc1ccccc1/C=C/C(=O)OCC(=O)N(C)[C@H]1CCS(=O)(=O)C1. The lowest BCUT2D eigenvalue weighted by Gasteiger charge is -2.22. The number of methoxy groups -OCH3 is 1. The first-order chi connectivity index (χ1) is 11.8. The summed E-state index contributed by atoms with van der Waals surface area (Å²) in [5, 5.41) is 0. The van der Waals surface area contributed by atoms with Crippen molar-refractivity contribution in [3.8, 4) is 5.75 Å². The van der Waals surface area contributed by atoms with Crippen molar-refractivity contribution in [2.75, 3.05) is 32.3 Å². The Labute approximate surface area is 147 Å². The number of sulfone groups is 1. The summed E-state index contributed by atoms with van der Waals surface area (Å²) < 4.78 is 33.0. The van der Waals surface area contributed by atoms with E-state index in [1.165, 1.54) is 25.1 Å². The fourth-order valence-corrected chi connectivity index (χ4v) is 4.30. The van der Waals surface area contributed by atoms with E-state index in [9.17, 15) is 18.0 Å².